The van der Waals surface area contributed by atoms with Crippen molar-refractivity contribution in [1.29, 1.82) is 0 Å². The van der Waals surface area contributed by atoms with Crippen LogP contribution in [0, 0.1) is 0 Å². The number of aliphatic hydroxyl groups excluding tert-OH is 1. The normalized spacial score (nSPS) is 18.2. The highest BCUT2D eigenvalue weighted by molar-refractivity contribution is 6.74. The molecule has 0 rings (SSSR count). The number of aliphatic hydroxyl groups is 1. The fraction of sp³-hybridized carbons (Fsp3) is 1.00. The molecule has 0 bridgehead atoms. The Morgan fingerprint density at radius 2 is 1.68 bits per heavy atom. The summed E-state index contributed by atoms with van der Waals surface area (Å²) >= 11 is 0. The third kappa shape index (κ3) is 5.18. The largest absolute Gasteiger partial charge is 0.409 e. The summed E-state index contributed by atoms with van der Waals surface area (Å²) in [6.07, 6.45) is 2.88. The van der Waals surface area contributed by atoms with Crippen LogP contribution in [0.4, 0.5) is 0 Å². The fourth-order valence-corrected chi connectivity index (χ4v) is 3.20. The number of hydrogen-bond donors (Lipinski definition) is 1. The number of unbranched alkanes of at least 4 members (excludes halogenated alkanes) is 1. The summed E-state index contributed by atoms with van der Waals surface area (Å²) in [7, 11) is -0.179. The second-order valence-electron chi connectivity index (χ2n) is 7.17. The van der Waals surface area contributed by atoms with E-state index in [1.165, 1.54) is 0 Å². The molecule has 0 heterocycles. The van der Waals surface area contributed by atoms with Gasteiger partial charge in [0.25, 0.3) is 0 Å². The van der Waals surface area contributed by atoms with Gasteiger partial charge in [0.2, 0.25) is 0 Å². The van der Waals surface area contributed by atoms with Crippen molar-refractivity contribution in [2.75, 3.05) is 13.7 Å². The summed E-state index contributed by atoms with van der Waals surface area (Å²) in [6.45, 7) is 15.3. The van der Waals surface area contributed by atoms with E-state index in [0.29, 0.717) is 0 Å². The highest BCUT2D eigenvalue weighted by Gasteiger charge is 2.44. The third-order valence-corrected chi connectivity index (χ3v) is 9.07. The SMILES string of the molecule is CCCC[C@@](C)(OC)[C@@H](CO)O[Si](C)(C)C(C)(C)C. The Labute approximate surface area is 120 Å². The van der Waals surface area contributed by atoms with E-state index in [2.05, 4.69) is 47.7 Å². The maximum Gasteiger partial charge on any atom is 0.192 e. The Balaban J connectivity index is 4.99. The smallest absolute Gasteiger partial charge is 0.192 e. The highest BCUT2D eigenvalue weighted by Crippen LogP contribution is 2.39. The van der Waals surface area contributed by atoms with Gasteiger partial charge in [-0.05, 0) is 31.5 Å². The van der Waals surface area contributed by atoms with Crippen molar-refractivity contribution in [2.24, 2.45) is 0 Å². The first-order valence-corrected chi connectivity index (χ1v) is 10.3. The fourth-order valence-electron chi connectivity index (χ4n) is 1.81. The Morgan fingerprint density at radius 1 is 1.16 bits per heavy atom. The molecule has 0 fully saturated rings. The van der Waals surface area contributed by atoms with Gasteiger partial charge < -0.3 is 14.3 Å². The zero-order valence-corrected chi connectivity index (χ0v) is 15.2. The van der Waals surface area contributed by atoms with Gasteiger partial charge in [-0.2, -0.15) is 0 Å². The molecule has 0 saturated heterocycles. The second-order valence-corrected chi connectivity index (χ2v) is 11.9. The van der Waals surface area contributed by atoms with Gasteiger partial charge >= 0.3 is 0 Å². The average molecular weight is 291 g/mol. The molecular weight excluding hydrogens is 256 g/mol. The average Bonchev–Trinajstić information content (AvgIpc) is 2.31. The monoisotopic (exact) mass is 290 g/mol. The van der Waals surface area contributed by atoms with Crippen molar-refractivity contribution < 1.29 is 14.3 Å². The molecule has 0 amide bonds. The van der Waals surface area contributed by atoms with Crippen molar-refractivity contribution in [2.45, 2.75) is 83.7 Å². The van der Waals surface area contributed by atoms with Gasteiger partial charge in [-0.15, -0.1) is 0 Å². The Bertz CT molecular complexity index is 261. The van der Waals surface area contributed by atoms with Crippen LogP contribution in [0.5, 0.6) is 0 Å². The molecule has 4 heteroatoms. The minimum absolute atomic E-state index is 0.0144. The van der Waals surface area contributed by atoms with E-state index in [4.69, 9.17) is 9.16 Å². The van der Waals surface area contributed by atoms with Gasteiger partial charge in [0.05, 0.1) is 18.3 Å². The lowest BCUT2D eigenvalue weighted by atomic mass is 9.93. The summed E-state index contributed by atoms with van der Waals surface area (Å²) in [4.78, 5) is 0. The Kier molecular flexibility index (Phi) is 7.24. The minimum Gasteiger partial charge on any atom is -0.409 e. The molecule has 0 saturated carbocycles. The lowest BCUT2D eigenvalue weighted by Gasteiger charge is -2.44. The number of rotatable bonds is 8. The zero-order valence-electron chi connectivity index (χ0n) is 14.2. The molecule has 19 heavy (non-hydrogen) atoms. The van der Waals surface area contributed by atoms with E-state index in [1.807, 2.05) is 0 Å². The number of methoxy groups -OCH3 is 1. The molecular formula is C15H34O3Si. The quantitative estimate of drug-likeness (QED) is 0.688. The molecule has 0 radical (unpaired) electrons. The van der Waals surface area contributed by atoms with Crippen molar-refractivity contribution in [3.05, 3.63) is 0 Å². The van der Waals surface area contributed by atoms with Crippen LogP contribution in [0.25, 0.3) is 0 Å². The van der Waals surface area contributed by atoms with Crippen LogP contribution in [0.2, 0.25) is 18.1 Å². The summed E-state index contributed by atoms with van der Waals surface area (Å²) < 4.78 is 12.1. The molecule has 0 spiro atoms. The van der Waals surface area contributed by atoms with Crippen LogP contribution < -0.4 is 0 Å². The van der Waals surface area contributed by atoms with Gasteiger partial charge in [0, 0.05) is 7.11 Å². The van der Waals surface area contributed by atoms with Crippen LogP contribution in [0.15, 0.2) is 0 Å². The van der Waals surface area contributed by atoms with Crippen LogP contribution in [0.3, 0.4) is 0 Å². The Hall–Kier alpha value is 0.0969. The van der Waals surface area contributed by atoms with Crippen LogP contribution >= 0.6 is 0 Å². The molecule has 0 aromatic rings. The van der Waals surface area contributed by atoms with Crippen molar-refractivity contribution in [3.8, 4) is 0 Å². The minimum atomic E-state index is -1.89. The molecule has 0 aromatic heterocycles. The van der Waals surface area contributed by atoms with E-state index in [-0.39, 0.29) is 17.7 Å². The van der Waals surface area contributed by atoms with E-state index in [9.17, 15) is 5.11 Å². The van der Waals surface area contributed by atoms with E-state index in [1.54, 1.807) is 7.11 Å². The predicted molar refractivity (Wildman–Crippen MR) is 84.1 cm³/mol. The first kappa shape index (κ1) is 19.1. The topological polar surface area (TPSA) is 38.7 Å². The first-order chi connectivity index (χ1) is 8.54. The lowest BCUT2D eigenvalue weighted by Crippen LogP contribution is -2.53. The molecule has 2 atom stereocenters. The standard InChI is InChI=1S/C15H34O3Si/c1-9-10-11-15(5,17-6)13(12-16)18-19(7,8)14(2,3)4/h13,16H,9-12H2,1-8H3/t13-,15-/m1/s1. The van der Waals surface area contributed by atoms with Crippen LogP contribution in [0.1, 0.15) is 53.9 Å². The molecule has 3 nitrogen and oxygen atoms in total. The van der Waals surface area contributed by atoms with Gasteiger partial charge in [-0.1, -0.05) is 40.5 Å². The lowest BCUT2D eigenvalue weighted by molar-refractivity contribution is -0.106. The van der Waals surface area contributed by atoms with Crippen LogP contribution in [-0.4, -0.2) is 38.8 Å². The second kappa shape index (κ2) is 7.20. The van der Waals surface area contributed by atoms with Gasteiger partial charge in [-0.3, -0.25) is 0 Å². The predicted octanol–water partition coefficient (Wildman–Crippen LogP) is 3.96. The summed E-state index contributed by atoms with van der Waals surface area (Å²) in [5.74, 6) is 0. The maximum atomic E-state index is 9.74. The Morgan fingerprint density at radius 3 is 2.00 bits per heavy atom. The molecule has 0 aliphatic carbocycles. The van der Waals surface area contributed by atoms with Gasteiger partial charge in [0.15, 0.2) is 8.32 Å². The summed E-state index contributed by atoms with van der Waals surface area (Å²) in [6, 6.07) is 0. The first-order valence-electron chi connectivity index (χ1n) is 7.38. The van der Waals surface area contributed by atoms with Crippen molar-refractivity contribution >= 4 is 8.32 Å². The molecule has 0 aromatic carbocycles. The van der Waals surface area contributed by atoms with Gasteiger partial charge in [-0.25, -0.2) is 0 Å². The number of hydrogen-bond acceptors (Lipinski definition) is 3. The third-order valence-electron chi connectivity index (χ3n) is 4.58. The molecule has 0 aliphatic rings. The highest BCUT2D eigenvalue weighted by atomic mass is 28.4. The van der Waals surface area contributed by atoms with Crippen molar-refractivity contribution in [1.82, 2.24) is 0 Å². The van der Waals surface area contributed by atoms with E-state index < -0.39 is 13.9 Å². The maximum absolute atomic E-state index is 9.74. The summed E-state index contributed by atoms with van der Waals surface area (Å²) in [5, 5.41) is 9.88. The van der Waals surface area contributed by atoms with Crippen LogP contribution in [-0.2, 0) is 9.16 Å². The molecule has 116 valence electrons. The van der Waals surface area contributed by atoms with E-state index >= 15 is 0 Å². The molecule has 1 N–H and O–H groups in total. The van der Waals surface area contributed by atoms with E-state index in [0.717, 1.165) is 19.3 Å². The zero-order chi connectivity index (χ0) is 15.3. The summed E-state index contributed by atoms with van der Waals surface area (Å²) in [5.41, 5.74) is -0.402. The molecule has 0 unspecified atom stereocenters. The van der Waals surface area contributed by atoms with Crippen molar-refractivity contribution in [3.63, 3.8) is 0 Å². The number of ether oxygens (including phenoxy) is 1. The molecule has 0 aliphatic heterocycles. The van der Waals surface area contributed by atoms with Gasteiger partial charge in [0.1, 0.15) is 0 Å².